The quantitative estimate of drug-likeness (QED) is 0.696. The molecule has 2 aromatic rings. The van der Waals surface area contributed by atoms with Crippen molar-refractivity contribution >= 4 is 31.6 Å². The Morgan fingerprint density at radius 2 is 1.52 bits per heavy atom. The van der Waals surface area contributed by atoms with Crippen molar-refractivity contribution < 1.29 is 16.8 Å². The Kier molecular flexibility index (Phi) is 6.17. The van der Waals surface area contributed by atoms with Crippen LogP contribution in [0.4, 0.5) is 0 Å². The third kappa shape index (κ3) is 4.85. The van der Waals surface area contributed by atoms with Crippen LogP contribution in [0.25, 0.3) is 0 Å². The van der Waals surface area contributed by atoms with Crippen molar-refractivity contribution in [2.45, 2.75) is 11.3 Å². The third-order valence-corrected chi connectivity index (χ3v) is 8.42. The Morgan fingerprint density at radius 3 is 2.11 bits per heavy atom. The fourth-order valence-corrected chi connectivity index (χ4v) is 5.85. The zero-order valence-corrected chi connectivity index (χ0v) is 16.9. The molecular formula is C17H20ClN3O4S2. The predicted molar refractivity (Wildman–Crippen MR) is 104 cm³/mol. The Morgan fingerprint density at radius 1 is 0.889 bits per heavy atom. The number of aryl methyl sites for hydroxylation is 1. The molecule has 1 aliphatic heterocycles. The van der Waals surface area contributed by atoms with Crippen LogP contribution >= 0.6 is 11.6 Å². The van der Waals surface area contributed by atoms with E-state index in [4.69, 9.17) is 11.6 Å². The SMILES string of the molecule is O=S(=O)(CCc1ccccn1)N1CCN(S(=O)(=O)c2ccc(Cl)cc2)CC1. The Labute approximate surface area is 164 Å². The molecule has 10 heteroatoms. The second-order valence-electron chi connectivity index (χ2n) is 6.14. The van der Waals surface area contributed by atoms with Crippen LogP contribution < -0.4 is 0 Å². The zero-order chi connectivity index (χ0) is 19.5. The van der Waals surface area contributed by atoms with Crippen LogP contribution in [0, 0.1) is 0 Å². The average Bonchev–Trinajstić information content (AvgIpc) is 2.68. The number of sulfonamides is 2. The van der Waals surface area contributed by atoms with Crippen molar-refractivity contribution in [3.05, 3.63) is 59.4 Å². The fraction of sp³-hybridized carbons (Fsp3) is 0.353. The first kappa shape index (κ1) is 20.2. The first-order valence-electron chi connectivity index (χ1n) is 8.42. The Bertz CT molecular complexity index is 973. The molecule has 0 aliphatic carbocycles. The van der Waals surface area contributed by atoms with Crippen LogP contribution in [-0.4, -0.2) is 62.4 Å². The summed E-state index contributed by atoms with van der Waals surface area (Å²) in [6.45, 7) is 0.510. The van der Waals surface area contributed by atoms with E-state index in [9.17, 15) is 16.8 Å². The summed E-state index contributed by atoms with van der Waals surface area (Å²) in [7, 11) is -7.13. The maximum Gasteiger partial charge on any atom is 0.243 e. The molecule has 0 unspecified atom stereocenters. The number of aromatic nitrogens is 1. The van der Waals surface area contributed by atoms with Gasteiger partial charge in [-0.3, -0.25) is 4.98 Å². The number of hydrogen-bond donors (Lipinski definition) is 0. The van der Waals surface area contributed by atoms with Crippen molar-refractivity contribution in [2.24, 2.45) is 0 Å². The van der Waals surface area contributed by atoms with E-state index >= 15 is 0 Å². The summed E-state index contributed by atoms with van der Waals surface area (Å²) in [6, 6.07) is 11.3. The first-order chi connectivity index (χ1) is 12.8. The van der Waals surface area contributed by atoms with Gasteiger partial charge >= 0.3 is 0 Å². The van der Waals surface area contributed by atoms with E-state index in [1.54, 1.807) is 18.3 Å². The summed E-state index contributed by atoms with van der Waals surface area (Å²) in [4.78, 5) is 4.28. The van der Waals surface area contributed by atoms with E-state index in [1.165, 1.54) is 32.9 Å². The van der Waals surface area contributed by atoms with Gasteiger partial charge in [0.25, 0.3) is 0 Å². The Balaban J connectivity index is 1.61. The van der Waals surface area contributed by atoms with Crippen LogP contribution in [0.1, 0.15) is 5.69 Å². The predicted octanol–water partition coefficient (Wildman–Crippen LogP) is 1.61. The summed E-state index contributed by atoms with van der Waals surface area (Å²) in [6.07, 6.45) is 1.95. The van der Waals surface area contributed by atoms with E-state index in [0.29, 0.717) is 17.1 Å². The van der Waals surface area contributed by atoms with Gasteiger partial charge in [0.1, 0.15) is 0 Å². The molecule has 1 aromatic heterocycles. The maximum absolute atomic E-state index is 12.7. The molecule has 0 atom stereocenters. The fourth-order valence-electron chi connectivity index (χ4n) is 2.85. The van der Waals surface area contributed by atoms with Gasteiger partial charge in [0.2, 0.25) is 20.0 Å². The minimum Gasteiger partial charge on any atom is -0.261 e. The van der Waals surface area contributed by atoms with Gasteiger partial charge in [-0.15, -0.1) is 0 Å². The summed E-state index contributed by atoms with van der Waals surface area (Å²) in [5.41, 5.74) is 0.713. The van der Waals surface area contributed by atoms with Gasteiger partial charge in [0.05, 0.1) is 10.6 Å². The van der Waals surface area contributed by atoms with Gasteiger partial charge in [-0.25, -0.2) is 16.8 Å². The highest BCUT2D eigenvalue weighted by atomic mass is 35.5. The number of halogens is 1. The van der Waals surface area contributed by atoms with Crippen molar-refractivity contribution in [1.29, 1.82) is 0 Å². The largest absolute Gasteiger partial charge is 0.261 e. The van der Waals surface area contributed by atoms with E-state index in [1.807, 2.05) is 6.07 Å². The van der Waals surface area contributed by atoms with Crippen molar-refractivity contribution in [3.63, 3.8) is 0 Å². The summed E-state index contributed by atoms with van der Waals surface area (Å²) >= 11 is 5.80. The van der Waals surface area contributed by atoms with E-state index < -0.39 is 20.0 Å². The molecule has 3 rings (SSSR count). The molecule has 146 valence electrons. The van der Waals surface area contributed by atoms with E-state index in [-0.39, 0.29) is 36.8 Å². The standard InChI is InChI=1S/C17H20ClN3O4S2/c18-15-4-6-17(7-5-15)27(24,25)21-12-10-20(11-13-21)26(22,23)14-8-16-3-1-2-9-19-16/h1-7,9H,8,10-14H2. The number of piperazine rings is 1. The molecule has 1 aliphatic rings. The average molecular weight is 430 g/mol. The minimum atomic E-state index is -3.66. The smallest absolute Gasteiger partial charge is 0.243 e. The molecular weight excluding hydrogens is 410 g/mol. The normalized spacial score (nSPS) is 17.1. The van der Waals surface area contributed by atoms with Gasteiger partial charge in [-0.2, -0.15) is 8.61 Å². The van der Waals surface area contributed by atoms with Crippen molar-refractivity contribution in [1.82, 2.24) is 13.6 Å². The minimum absolute atomic E-state index is 0.0477. The molecule has 7 nitrogen and oxygen atoms in total. The summed E-state index contributed by atoms with van der Waals surface area (Å²) < 4.78 is 53.1. The number of pyridine rings is 1. The molecule has 0 bridgehead atoms. The molecule has 0 radical (unpaired) electrons. The second-order valence-corrected chi connectivity index (χ2v) is 10.6. The highest BCUT2D eigenvalue weighted by Gasteiger charge is 2.32. The molecule has 0 spiro atoms. The number of hydrogen-bond acceptors (Lipinski definition) is 5. The lowest BCUT2D eigenvalue weighted by molar-refractivity contribution is 0.273. The van der Waals surface area contributed by atoms with E-state index in [2.05, 4.69) is 4.98 Å². The van der Waals surface area contributed by atoms with Gasteiger partial charge in [-0.1, -0.05) is 17.7 Å². The van der Waals surface area contributed by atoms with Crippen molar-refractivity contribution in [2.75, 3.05) is 31.9 Å². The van der Waals surface area contributed by atoms with Gasteiger partial charge in [0.15, 0.2) is 0 Å². The van der Waals surface area contributed by atoms with Gasteiger partial charge in [0, 0.05) is 49.5 Å². The summed E-state index contributed by atoms with van der Waals surface area (Å²) in [5, 5.41) is 0.456. The lowest BCUT2D eigenvalue weighted by Crippen LogP contribution is -2.51. The number of rotatable bonds is 6. The lowest BCUT2D eigenvalue weighted by Gasteiger charge is -2.33. The van der Waals surface area contributed by atoms with Gasteiger partial charge in [-0.05, 0) is 36.4 Å². The topological polar surface area (TPSA) is 87.7 Å². The van der Waals surface area contributed by atoms with Gasteiger partial charge < -0.3 is 0 Å². The molecule has 2 heterocycles. The molecule has 1 saturated heterocycles. The first-order valence-corrected chi connectivity index (χ1v) is 11.9. The number of benzene rings is 1. The monoisotopic (exact) mass is 429 g/mol. The lowest BCUT2D eigenvalue weighted by atomic mass is 10.3. The zero-order valence-electron chi connectivity index (χ0n) is 14.5. The van der Waals surface area contributed by atoms with Crippen LogP contribution in [0.5, 0.6) is 0 Å². The van der Waals surface area contributed by atoms with Crippen LogP contribution in [-0.2, 0) is 26.5 Å². The number of nitrogens with zero attached hydrogens (tertiary/aromatic N) is 3. The maximum atomic E-state index is 12.7. The molecule has 1 fully saturated rings. The molecule has 0 N–H and O–H groups in total. The van der Waals surface area contributed by atoms with Crippen LogP contribution in [0.3, 0.4) is 0 Å². The molecule has 27 heavy (non-hydrogen) atoms. The Hall–Kier alpha value is -1.52. The second kappa shape index (κ2) is 8.24. The summed E-state index contributed by atoms with van der Waals surface area (Å²) in [5.74, 6) is -0.0477. The van der Waals surface area contributed by atoms with Crippen LogP contribution in [0.2, 0.25) is 5.02 Å². The molecule has 0 saturated carbocycles. The molecule has 0 amide bonds. The highest BCUT2D eigenvalue weighted by molar-refractivity contribution is 7.89. The van der Waals surface area contributed by atoms with E-state index in [0.717, 1.165) is 0 Å². The van der Waals surface area contributed by atoms with Crippen molar-refractivity contribution in [3.8, 4) is 0 Å². The highest BCUT2D eigenvalue weighted by Crippen LogP contribution is 2.20. The molecule has 1 aromatic carbocycles. The third-order valence-electron chi connectivity index (χ3n) is 4.38. The van der Waals surface area contributed by atoms with Crippen LogP contribution in [0.15, 0.2) is 53.6 Å².